The van der Waals surface area contributed by atoms with Crippen LogP contribution in [0.25, 0.3) is 21.7 Å². The van der Waals surface area contributed by atoms with Gasteiger partial charge in [-0.3, -0.25) is 4.79 Å². The van der Waals surface area contributed by atoms with Crippen molar-refractivity contribution >= 4 is 21.7 Å². The summed E-state index contributed by atoms with van der Waals surface area (Å²) in [4.78, 5) is 14.6. The van der Waals surface area contributed by atoms with E-state index in [2.05, 4.69) is 4.98 Å². The van der Waals surface area contributed by atoms with Crippen molar-refractivity contribution in [2.45, 2.75) is 0 Å². The number of para-hydroxylation sites is 1. The molecule has 0 bridgehead atoms. The summed E-state index contributed by atoms with van der Waals surface area (Å²) in [6, 6.07) is 23.0. The van der Waals surface area contributed by atoms with Crippen LogP contribution >= 0.6 is 0 Å². The number of pyridine rings is 1. The van der Waals surface area contributed by atoms with Gasteiger partial charge in [-0.15, -0.1) is 0 Å². The summed E-state index contributed by atoms with van der Waals surface area (Å²) < 4.78 is 6.07. The van der Waals surface area contributed by atoms with Crippen LogP contribution in [0, 0.1) is 0 Å². The van der Waals surface area contributed by atoms with E-state index in [4.69, 9.17) is 4.74 Å². The first-order chi connectivity index (χ1) is 10.8. The van der Waals surface area contributed by atoms with Crippen LogP contribution in [0.3, 0.4) is 0 Å². The van der Waals surface area contributed by atoms with Gasteiger partial charge >= 0.3 is 0 Å². The molecule has 4 aromatic rings. The molecule has 0 atom stereocenters. The number of aromatic nitrogens is 1. The maximum absolute atomic E-state index is 11.8. The quantitative estimate of drug-likeness (QED) is 0.591. The van der Waals surface area contributed by atoms with Crippen molar-refractivity contribution in [3.05, 3.63) is 83.2 Å². The van der Waals surface area contributed by atoms with Gasteiger partial charge in [0.2, 0.25) is 0 Å². The fourth-order valence-electron chi connectivity index (χ4n) is 2.66. The predicted octanol–water partition coefficient (Wildman–Crippen LogP) is 4.47. The van der Waals surface area contributed by atoms with Crippen LogP contribution in [0.2, 0.25) is 0 Å². The average Bonchev–Trinajstić information content (AvgIpc) is 2.55. The highest BCUT2D eigenvalue weighted by molar-refractivity contribution is 5.90. The van der Waals surface area contributed by atoms with Crippen LogP contribution in [0.5, 0.6) is 11.5 Å². The average molecular weight is 287 g/mol. The first kappa shape index (κ1) is 12.7. The summed E-state index contributed by atoms with van der Waals surface area (Å²) in [7, 11) is 0. The Morgan fingerprint density at radius 1 is 0.727 bits per heavy atom. The molecule has 0 saturated heterocycles. The molecule has 3 nitrogen and oxygen atoms in total. The summed E-state index contributed by atoms with van der Waals surface area (Å²) in [5.41, 5.74) is 0.596. The lowest BCUT2D eigenvalue weighted by atomic mass is 10.1. The van der Waals surface area contributed by atoms with Crippen molar-refractivity contribution < 1.29 is 4.74 Å². The van der Waals surface area contributed by atoms with Crippen molar-refractivity contribution in [1.82, 2.24) is 4.98 Å². The Morgan fingerprint density at radius 2 is 1.45 bits per heavy atom. The molecule has 1 heterocycles. The van der Waals surface area contributed by atoms with Crippen LogP contribution in [0.1, 0.15) is 0 Å². The van der Waals surface area contributed by atoms with Gasteiger partial charge in [0.15, 0.2) is 0 Å². The molecule has 22 heavy (non-hydrogen) atoms. The predicted molar refractivity (Wildman–Crippen MR) is 88.6 cm³/mol. The Labute approximate surface area is 126 Å². The molecule has 3 heteroatoms. The van der Waals surface area contributed by atoms with Crippen LogP contribution in [0.15, 0.2) is 77.6 Å². The van der Waals surface area contributed by atoms with Gasteiger partial charge in [0.05, 0.1) is 5.52 Å². The zero-order valence-electron chi connectivity index (χ0n) is 11.7. The van der Waals surface area contributed by atoms with Gasteiger partial charge in [-0.25, -0.2) is 0 Å². The Kier molecular flexibility index (Phi) is 2.90. The summed E-state index contributed by atoms with van der Waals surface area (Å²) in [6.45, 7) is 0. The SMILES string of the molecule is O=c1cc(Oc2cccc3ccccc23)c2ccccc2[nH]1. The number of aromatic amines is 1. The normalized spacial score (nSPS) is 10.9. The fraction of sp³-hybridized carbons (Fsp3) is 0. The molecule has 3 aromatic carbocycles. The summed E-state index contributed by atoms with van der Waals surface area (Å²) in [5, 5.41) is 3.01. The molecule has 0 radical (unpaired) electrons. The highest BCUT2D eigenvalue weighted by Gasteiger charge is 2.07. The Bertz CT molecular complexity index is 1030. The number of hydrogen-bond donors (Lipinski definition) is 1. The standard InChI is InChI=1S/C19H13NO2/c21-19-12-18(15-9-3-4-10-16(15)20-19)22-17-11-5-7-13-6-1-2-8-14(13)17/h1-12H,(H,20,21). The Hall–Kier alpha value is -3.07. The lowest BCUT2D eigenvalue weighted by Gasteiger charge is -2.11. The zero-order valence-corrected chi connectivity index (χ0v) is 11.7. The molecule has 106 valence electrons. The second kappa shape index (κ2) is 5.04. The number of hydrogen-bond acceptors (Lipinski definition) is 2. The molecular formula is C19H13NO2. The number of benzene rings is 3. The maximum Gasteiger partial charge on any atom is 0.252 e. The van der Waals surface area contributed by atoms with Gasteiger partial charge in [-0.05, 0) is 23.6 Å². The molecule has 0 unspecified atom stereocenters. The van der Waals surface area contributed by atoms with Crippen molar-refractivity contribution in [2.24, 2.45) is 0 Å². The summed E-state index contributed by atoms with van der Waals surface area (Å²) in [6.07, 6.45) is 0. The number of rotatable bonds is 2. The maximum atomic E-state index is 11.8. The van der Waals surface area contributed by atoms with Gasteiger partial charge in [0, 0.05) is 16.8 Å². The van der Waals surface area contributed by atoms with Crippen LogP contribution in [0.4, 0.5) is 0 Å². The smallest absolute Gasteiger partial charge is 0.252 e. The van der Waals surface area contributed by atoms with E-state index in [0.29, 0.717) is 5.75 Å². The number of nitrogens with one attached hydrogen (secondary N) is 1. The summed E-state index contributed by atoms with van der Waals surface area (Å²) >= 11 is 0. The molecule has 0 aliphatic carbocycles. The third-order valence-electron chi connectivity index (χ3n) is 3.68. The van der Waals surface area contributed by atoms with E-state index in [0.717, 1.165) is 27.4 Å². The molecule has 0 aliphatic heterocycles. The Balaban J connectivity index is 1.91. The summed E-state index contributed by atoms with van der Waals surface area (Å²) in [5.74, 6) is 1.31. The van der Waals surface area contributed by atoms with Gasteiger partial charge in [0.1, 0.15) is 11.5 Å². The minimum atomic E-state index is -0.172. The van der Waals surface area contributed by atoms with E-state index in [1.165, 1.54) is 6.07 Å². The highest BCUT2D eigenvalue weighted by atomic mass is 16.5. The minimum absolute atomic E-state index is 0.172. The first-order valence-electron chi connectivity index (χ1n) is 7.09. The highest BCUT2D eigenvalue weighted by Crippen LogP contribution is 2.32. The van der Waals surface area contributed by atoms with E-state index < -0.39 is 0 Å². The lowest BCUT2D eigenvalue weighted by molar-refractivity contribution is 0.493. The molecule has 1 N–H and O–H groups in total. The third kappa shape index (κ3) is 2.13. The van der Waals surface area contributed by atoms with Crippen molar-refractivity contribution in [2.75, 3.05) is 0 Å². The van der Waals surface area contributed by atoms with E-state index in [9.17, 15) is 4.79 Å². The lowest BCUT2D eigenvalue weighted by Crippen LogP contribution is -2.04. The number of H-pyrrole nitrogens is 1. The van der Waals surface area contributed by atoms with Gasteiger partial charge < -0.3 is 9.72 Å². The van der Waals surface area contributed by atoms with E-state index in [1.807, 2.05) is 66.7 Å². The van der Waals surface area contributed by atoms with Crippen LogP contribution < -0.4 is 10.3 Å². The molecule has 0 spiro atoms. The van der Waals surface area contributed by atoms with E-state index in [-0.39, 0.29) is 5.56 Å². The molecular weight excluding hydrogens is 274 g/mol. The first-order valence-corrected chi connectivity index (χ1v) is 7.09. The number of fused-ring (bicyclic) bond motifs is 2. The van der Waals surface area contributed by atoms with E-state index >= 15 is 0 Å². The molecule has 0 saturated carbocycles. The van der Waals surface area contributed by atoms with Gasteiger partial charge in [-0.2, -0.15) is 0 Å². The molecule has 1 aromatic heterocycles. The second-order valence-electron chi connectivity index (χ2n) is 5.12. The molecule has 0 aliphatic rings. The van der Waals surface area contributed by atoms with Crippen molar-refractivity contribution in [3.8, 4) is 11.5 Å². The topological polar surface area (TPSA) is 42.1 Å². The van der Waals surface area contributed by atoms with Crippen LogP contribution in [-0.4, -0.2) is 4.98 Å². The Morgan fingerprint density at radius 3 is 2.36 bits per heavy atom. The molecule has 4 rings (SSSR count). The monoisotopic (exact) mass is 287 g/mol. The van der Waals surface area contributed by atoms with Gasteiger partial charge in [0.25, 0.3) is 5.56 Å². The minimum Gasteiger partial charge on any atom is -0.456 e. The van der Waals surface area contributed by atoms with Crippen molar-refractivity contribution in [1.29, 1.82) is 0 Å². The van der Waals surface area contributed by atoms with Crippen LogP contribution in [-0.2, 0) is 0 Å². The fourth-order valence-corrected chi connectivity index (χ4v) is 2.66. The molecule has 0 fully saturated rings. The largest absolute Gasteiger partial charge is 0.456 e. The third-order valence-corrected chi connectivity index (χ3v) is 3.68. The molecule has 0 amide bonds. The van der Waals surface area contributed by atoms with Crippen molar-refractivity contribution in [3.63, 3.8) is 0 Å². The van der Waals surface area contributed by atoms with E-state index in [1.54, 1.807) is 0 Å². The van der Waals surface area contributed by atoms with Gasteiger partial charge in [-0.1, -0.05) is 48.5 Å². The zero-order chi connectivity index (χ0) is 14.9. The number of ether oxygens (including phenoxy) is 1. The second-order valence-corrected chi connectivity index (χ2v) is 5.12.